The lowest BCUT2D eigenvalue weighted by atomic mass is 10.0. The lowest BCUT2D eigenvalue weighted by molar-refractivity contribution is -0.137. The second kappa shape index (κ2) is 8.56. The van der Waals surface area contributed by atoms with Gasteiger partial charge in [0.25, 0.3) is 5.91 Å². The van der Waals surface area contributed by atoms with Crippen molar-refractivity contribution < 1.29 is 26.4 Å². The van der Waals surface area contributed by atoms with E-state index in [1.165, 1.54) is 41.6 Å². The van der Waals surface area contributed by atoms with Gasteiger partial charge in [0.05, 0.1) is 27.1 Å². The van der Waals surface area contributed by atoms with Crippen molar-refractivity contribution in [3.63, 3.8) is 0 Å². The zero-order chi connectivity index (χ0) is 22.1. The van der Waals surface area contributed by atoms with E-state index in [0.717, 1.165) is 25.0 Å². The fraction of sp³-hybridized carbons (Fsp3) is 0.350. The molecule has 162 valence electrons. The summed E-state index contributed by atoms with van der Waals surface area (Å²) in [5.41, 5.74) is -0.622. The van der Waals surface area contributed by atoms with Gasteiger partial charge in [-0.05, 0) is 55.7 Å². The van der Waals surface area contributed by atoms with Gasteiger partial charge in [-0.3, -0.25) is 4.79 Å². The van der Waals surface area contributed by atoms with Gasteiger partial charge in [0.2, 0.25) is 10.0 Å². The van der Waals surface area contributed by atoms with Crippen molar-refractivity contribution in [3.05, 3.63) is 64.2 Å². The Hall–Kier alpha value is -2.10. The number of halogens is 4. The normalized spacial score (nSPS) is 16.4. The molecule has 0 saturated carbocycles. The number of nitrogens with zero attached hydrogens (tertiary/aromatic N) is 1. The van der Waals surface area contributed by atoms with E-state index in [1.807, 2.05) is 0 Å². The van der Waals surface area contributed by atoms with Crippen LogP contribution in [0.1, 0.15) is 47.3 Å². The molecule has 5 nitrogen and oxygen atoms in total. The van der Waals surface area contributed by atoms with Crippen LogP contribution in [0.5, 0.6) is 0 Å². The van der Waals surface area contributed by atoms with Gasteiger partial charge in [-0.2, -0.15) is 17.5 Å². The van der Waals surface area contributed by atoms with Crippen LogP contribution < -0.4 is 5.32 Å². The quantitative estimate of drug-likeness (QED) is 0.707. The molecule has 0 radical (unpaired) electrons. The van der Waals surface area contributed by atoms with Crippen LogP contribution in [0.2, 0.25) is 5.02 Å². The monoisotopic (exact) mass is 460 g/mol. The van der Waals surface area contributed by atoms with Crippen molar-refractivity contribution in [2.75, 3.05) is 13.1 Å². The summed E-state index contributed by atoms with van der Waals surface area (Å²) < 4.78 is 65.6. The Morgan fingerprint density at radius 1 is 1.13 bits per heavy atom. The number of hydrogen-bond donors (Lipinski definition) is 1. The average Bonchev–Trinajstić information content (AvgIpc) is 3.23. The summed E-state index contributed by atoms with van der Waals surface area (Å²) >= 11 is 6.10. The first kappa shape index (κ1) is 22.6. The third-order valence-electron chi connectivity index (χ3n) is 4.95. The average molecular weight is 461 g/mol. The summed E-state index contributed by atoms with van der Waals surface area (Å²) in [7, 11) is -3.74. The van der Waals surface area contributed by atoms with Gasteiger partial charge in [-0.1, -0.05) is 23.7 Å². The smallest absolute Gasteiger partial charge is 0.345 e. The van der Waals surface area contributed by atoms with E-state index in [2.05, 4.69) is 5.32 Å². The molecule has 1 heterocycles. The van der Waals surface area contributed by atoms with Crippen molar-refractivity contribution in [1.82, 2.24) is 9.62 Å². The highest BCUT2D eigenvalue weighted by molar-refractivity contribution is 7.89. The first-order valence-corrected chi connectivity index (χ1v) is 11.1. The Morgan fingerprint density at radius 2 is 1.80 bits per heavy atom. The number of benzene rings is 2. The molecule has 1 atom stereocenters. The van der Waals surface area contributed by atoms with Crippen molar-refractivity contribution >= 4 is 27.5 Å². The maximum absolute atomic E-state index is 12.9. The number of sulfonamides is 1. The first-order valence-electron chi connectivity index (χ1n) is 9.28. The predicted molar refractivity (Wildman–Crippen MR) is 107 cm³/mol. The number of carbonyl (C=O) groups excluding carboxylic acids is 1. The molecular formula is C20H20ClF3N2O3S. The molecule has 1 amide bonds. The molecule has 2 aromatic rings. The lowest BCUT2D eigenvalue weighted by Gasteiger charge is -2.18. The molecule has 1 aliphatic heterocycles. The molecule has 10 heteroatoms. The molecular weight excluding hydrogens is 441 g/mol. The Bertz CT molecular complexity index is 1050. The highest BCUT2D eigenvalue weighted by atomic mass is 35.5. The van der Waals surface area contributed by atoms with Crippen LogP contribution in [-0.4, -0.2) is 31.7 Å². The van der Waals surface area contributed by atoms with Crippen LogP contribution >= 0.6 is 11.6 Å². The summed E-state index contributed by atoms with van der Waals surface area (Å²) in [5.74, 6) is -0.677. The zero-order valence-corrected chi connectivity index (χ0v) is 17.6. The van der Waals surface area contributed by atoms with E-state index in [4.69, 9.17) is 11.6 Å². The summed E-state index contributed by atoms with van der Waals surface area (Å²) in [5, 5.41) is 2.63. The highest BCUT2D eigenvalue weighted by Gasteiger charge is 2.31. The SMILES string of the molecule is CC(NC(=O)c1cc(S(=O)(=O)N2CCCC2)ccc1Cl)c1cccc(C(F)(F)F)c1. The molecule has 2 aromatic carbocycles. The maximum atomic E-state index is 12.9. The molecule has 30 heavy (non-hydrogen) atoms. The fourth-order valence-corrected chi connectivity index (χ4v) is 5.01. The number of amides is 1. The molecule has 1 fully saturated rings. The van der Waals surface area contributed by atoms with E-state index in [-0.39, 0.29) is 21.0 Å². The zero-order valence-electron chi connectivity index (χ0n) is 16.0. The number of rotatable bonds is 5. The summed E-state index contributed by atoms with van der Waals surface area (Å²) in [6.07, 6.45) is -2.95. The van der Waals surface area contributed by atoms with E-state index in [9.17, 15) is 26.4 Å². The van der Waals surface area contributed by atoms with Crippen molar-refractivity contribution in [2.45, 2.75) is 36.9 Å². The van der Waals surface area contributed by atoms with E-state index >= 15 is 0 Å². The third-order valence-corrected chi connectivity index (χ3v) is 7.17. The summed E-state index contributed by atoms with van der Waals surface area (Å²) in [6, 6.07) is 7.74. The van der Waals surface area contributed by atoms with Crippen molar-refractivity contribution in [3.8, 4) is 0 Å². The number of alkyl halides is 3. The van der Waals surface area contributed by atoms with Gasteiger partial charge in [0.1, 0.15) is 0 Å². The molecule has 3 rings (SSSR count). The molecule has 0 aromatic heterocycles. The molecule has 1 saturated heterocycles. The largest absolute Gasteiger partial charge is 0.416 e. The summed E-state index contributed by atoms with van der Waals surface area (Å²) in [6.45, 7) is 2.37. The Kier molecular flexibility index (Phi) is 6.45. The molecule has 1 aliphatic rings. The van der Waals surface area contributed by atoms with Crippen LogP contribution in [0, 0.1) is 0 Å². The number of carbonyl (C=O) groups is 1. The van der Waals surface area contributed by atoms with Crippen molar-refractivity contribution in [2.24, 2.45) is 0 Å². The van der Waals surface area contributed by atoms with Crippen LogP contribution in [0.3, 0.4) is 0 Å². The molecule has 1 N–H and O–H groups in total. The van der Waals surface area contributed by atoms with Gasteiger partial charge in [-0.15, -0.1) is 0 Å². The Morgan fingerprint density at radius 3 is 2.43 bits per heavy atom. The standard InChI is InChI=1S/C20H20ClF3N2O3S/c1-13(14-5-4-6-15(11-14)20(22,23)24)25-19(27)17-12-16(7-8-18(17)21)30(28,29)26-9-2-3-10-26/h4-8,11-13H,2-3,9-10H2,1H3,(H,25,27). The third kappa shape index (κ3) is 4.79. The van der Waals surface area contributed by atoms with Crippen LogP contribution in [0.15, 0.2) is 47.4 Å². The Balaban J connectivity index is 1.83. The van der Waals surface area contributed by atoms with E-state index < -0.39 is 33.7 Å². The lowest BCUT2D eigenvalue weighted by Crippen LogP contribution is -2.29. The first-order chi connectivity index (χ1) is 14.0. The molecule has 0 bridgehead atoms. The van der Waals surface area contributed by atoms with E-state index in [1.54, 1.807) is 0 Å². The summed E-state index contributed by atoms with van der Waals surface area (Å²) in [4.78, 5) is 12.7. The highest BCUT2D eigenvalue weighted by Crippen LogP contribution is 2.31. The van der Waals surface area contributed by atoms with Crippen LogP contribution in [0.4, 0.5) is 13.2 Å². The fourth-order valence-electron chi connectivity index (χ4n) is 3.26. The second-order valence-electron chi connectivity index (χ2n) is 7.07. The minimum Gasteiger partial charge on any atom is -0.345 e. The number of hydrogen-bond acceptors (Lipinski definition) is 3. The second-order valence-corrected chi connectivity index (χ2v) is 9.42. The van der Waals surface area contributed by atoms with Gasteiger partial charge < -0.3 is 5.32 Å². The number of nitrogens with one attached hydrogen (secondary N) is 1. The maximum Gasteiger partial charge on any atom is 0.416 e. The topological polar surface area (TPSA) is 66.5 Å². The minimum atomic E-state index is -4.50. The Labute approximate surface area is 177 Å². The molecule has 1 unspecified atom stereocenters. The van der Waals surface area contributed by atoms with Gasteiger partial charge in [0.15, 0.2) is 0 Å². The molecule has 0 aliphatic carbocycles. The van der Waals surface area contributed by atoms with Gasteiger partial charge in [0, 0.05) is 13.1 Å². The van der Waals surface area contributed by atoms with Crippen molar-refractivity contribution in [1.29, 1.82) is 0 Å². The van der Waals surface area contributed by atoms with E-state index in [0.29, 0.717) is 13.1 Å². The predicted octanol–water partition coefficient (Wildman–Crippen LogP) is 4.63. The molecule has 0 spiro atoms. The van der Waals surface area contributed by atoms with Crippen LogP contribution in [-0.2, 0) is 16.2 Å². The van der Waals surface area contributed by atoms with Gasteiger partial charge in [-0.25, -0.2) is 8.42 Å². The minimum absolute atomic E-state index is 0.0455. The van der Waals surface area contributed by atoms with Gasteiger partial charge >= 0.3 is 6.18 Å². The van der Waals surface area contributed by atoms with Crippen LogP contribution in [0.25, 0.3) is 0 Å².